The number of benzene rings is 2. The maximum Gasteiger partial charge on any atom is 0.291 e. The molecule has 150 valence electrons. The van der Waals surface area contributed by atoms with Crippen LogP contribution >= 0.6 is 11.6 Å². The van der Waals surface area contributed by atoms with Crippen molar-refractivity contribution in [2.24, 2.45) is 4.99 Å². The average molecular weight is 409 g/mol. The van der Waals surface area contributed by atoms with Crippen LogP contribution in [-0.4, -0.2) is 10.7 Å². The molecule has 3 rings (SSSR count). The van der Waals surface area contributed by atoms with Gasteiger partial charge in [-0.25, -0.2) is 0 Å². The summed E-state index contributed by atoms with van der Waals surface area (Å²) < 4.78 is 5.70. The first kappa shape index (κ1) is 22.2. The molecule has 0 aliphatic carbocycles. The first-order chi connectivity index (χ1) is 13.8. The fraction of sp³-hybridized carbons (Fsp3) is 0.167. The molecule has 0 radical (unpaired) electrons. The molecule has 29 heavy (non-hydrogen) atoms. The summed E-state index contributed by atoms with van der Waals surface area (Å²) in [6, 6.07) is 17.3. The van der Waals surface area contributed by atoms with Crippen LogP contribution in [0.25, 0.3) is 12.8 Å². The van der Waals surface area contributed by atoms with E-state index < -0.39 is 0 Å². The first-order valence-electron chi connectivity index (χ1n) is 9.16. The minimum atomic E-state index is -0.362. The molecule has 0 unspecified atom stereocenters. The Morgan fingerprint density at radius 2 is 1.79 bits per heavy atom. The number of aromatic nitrogens is 1. The number of halogens is 1. The molecule has 1 heterocycles. The quantitative estimate of drug-likeness (QED) is 0.635. The third-order valence-electron chi connectivity index (χ3n) is 3.90. The smallest absolute Gasteiger partial charge is 0.291 e. The van der Waals surface area contributed by atoms with Gasteiger partial charge in [-0.2, -0.15) is 0 Å². The molecule has 0 bridgehead atoms. The Morgan fingerprint density at radius 1 is 1.10 bits per heavy atom. The van der Waals surface area contributed by atoms with Crippen LogP contribution in [-0.2, 0) is 0 Å². The van der Waals surface area contributed by atoms with Gasteiger partial charge in [0.15, 0.2) is 5.75 Å². The number of hydrogen-bond acceptors (Lipinski definition) is 3. The summed E-state index contributed by atoms with van der Waals surface area (Å²) in [6.07, 6.45) is 1.64. The zero-order valence-corrected chi connectivity index (χ0v) is 17.9. The number of rotatable bonds is 3. The molecule has 0 aliphatic heterocycles. The van der Waals surface area contributed by atoms with Crippen molar-refractivity contribution >= 4 is 30.1 Å². The molecule has 0 aliphatic rings. The van der Waals surface area contributed by atoms with Crippen LogP contribution in [0.1, 0.15) is 25.0 Å². The molecule has 1 aromatic heterocycles. The number of nitrogens with zero attached hydrogens (tertiary/aromatic N) is 1. The van der Waals surface area contributed by atoms with Gasteiger partial charge in [-0.15, -0.1) is 0 Å². The minimum Gasteiger partial charge on any atom is -0.450 e. The Labute approximate surface area is 175 Å². The second-order valence-electron chi connectivity index (χ2n) is 6.74. The Morgan fingerprint density at radius 3 is 2.34 bits per heavy atom. The van der Waals surface area contributed by atoms with E-state index >= 15 is 0 Å². The van der Waals surface area contributed by atoms with Crippen LogP contribution in [0.15, 0.2) is 64.4 Å². The van der Waals surface area contributed by atoms with Gasteiger partial charge in [0.05, 0.1) is 5.02 Å². The summed E-state index contributed by atoms with van der Waals surface area (Å²) in [7, 11) is 0. The summed E-state index contributed by atoms with van der Waals surface area (Å²) in [4.78, 5) is 18.9. The van der Waals surface area contributed by atoms with E-state index in [1.54, 1.807) is 18.3 Å². The minimum absolute atomic E-state index is 0.152. The van der Waals surface area contributed by atoms with Crippen LogP contribution < -0.4 is 20.9 Å². The molecule has 0 saturated carbocycles. The highest BCUT2D eigenvalue weighted by Gasteiger charge is 2.09. The molecule has 0 spiro atoms. The number of H-pyrrole nitrogens is 1. The van der Waals surface area contributed by atoms with Gasteiger partial charge in [-0.3, -0.25) is 9.79 Å². The maximum atomic E-state index is 12.0. The summed E-state index contributed by atoms with van der Waals surface area (Å²) in [5.41, 5.74) is 2.70. The van der Waals surface area contributed by atoms with Gasteiger partial charge in [0.25, 0.3) is 5.56 Å². The van der Waals surface area contributed by atoms with Crippen molar-refractivity contribution in [2.45, 2.75) is 27.7 Å². The largest absolute Gasteiger partial charge is 0.450 e. The van der Waals surface area contributed by atoms with Gasteiger partial charge >= 0.3 is 0 Å². The lowest BCUT2D eigenvalue weighted by Crippen LogP contribution is -2.33. The molecule has 2 aromatic carbocycles. The van der Waals surface area contributed by atoms with Crippen LogP contribution in [0, 0.1) is 13.8 Å². The van der Waals surface area contributed by atoms with Crippen molar-refractivity contribution in [3.05, 3.63) is 91.7 Å². The van der Waals surface area contributed by atoms with E-state index in [-0.39, 0.29) is 11.3 Å². The van der Waals surface area contributed by atoms with Crippen molar-refractivity contribution in [3.63, 3.8) is 0 Å². The number of aryl methyl sites for hydroxylation is 2. The first-order valence-corrected chi connectivity index (χ1v) is 9.54. The fourth-order valence-corrected chi connectivity index (χ4v) is 2.60. The molecule has 0 amide bonds. The molecule has 5 heteroatoms. The second-order valence-corrected chi connectivity index (χ2v) is 7.15. The zero-order valence-electron chi connectivity index (χ0n) is 17.1. The van der Waals surface area contributed by atoms with E-state index in [9.17, 15) is 4.79 Å². The van der Waals surface area contributed by atoms with E-state index in [1.165, 1.54) is 5.56 Å². The van der Waals surface area contributed by atoms with Gasteiger partial charge in [0, 0.05) is 22.5 Å². The van der Waals surface area contributed by atoms with Crippen molar-refractivity contribution in [1.82, 2.24) is 4.98 Å². The lowest BCUT2D eigenvalue weighted by Gasteiger charge is -2.09. The van der Waals surface area contributed by atoms with Gasteiger partial charge in [-0.05, 0) is 45.4 Å². The molecule has 0 fully saturated rings. The molecule has 1 N–H and O–H groups in total. The number of nitrogens with one attached hydrogen (secondary N) is 1. The third-order valence-corrected chi connectivity index (χ3v) is 4.20. The second kappa shape index (κ2) is 10.4. The number of para-hydroxylation sites is 1. The average Bonchev–Trinajstić information content (AvgIpc) is 2.66. The number of aromatic amines is 1. The van der Waals surface area contributed by atoms with Crippen LogP contribution in [0.4, 0.5) is 0 Å². The lowest BCUT2D eigenvalue weighted by atomic mass is 10.2. The van der Waals surface area contributed by atoms with E-state index in [1.807, 2.05) is 51.1 Å². The van der Waals surface area contributed by atoms with E-state index in [2.05, 4.69) is 35.6 Å². The van der Waals surface area contributed by atoms with Crippen molar-refractivity contribution in [1.29, 1.82) is 0 Å². The predicted octanol–water partition coefficient (Wildman–Crippen LogP) is 4.75. The van der Waals surface area contributed by atoms with Gasteiger partial charge in [0.2, 0.25) is 0 Å². The van der Waals surface area contributed by atoms with E-state index in [0.717, 1.165) is 11.3 Å². The lowest BCUT2D eigenvalue weighted by molar-refractivity contribution is 0.470. The Hall–Kier alpha value is -3.11. The van der Waals surface area contributed by atoms with Crippen LogP contribution in [0.5, 0.6) is 11.5 Å². The summed E-state index contributed by atoms with van der Waals surface area (Å²) >= 11 is 6.13. The fourth-order valence-electron chi connectivity index (χ4n) is 2.34. The van der Waals surface area contributed by atoms with E-state index in [0.29, 0.717) is 21.3 Å². The highest BCUT2D eigenvalue weighted by molar-refractivity contribution is 6.32. The number of ether oxygens (including phenoxy) is 1. The zero-order chi connectivity index (χ0) is 21.4. The Kier molecular flexibility index (Phi) is 7.98. The molecular formula is C24H25ClN2O2. The van der Waals surface area contributed by atoms with Crippen molar-refractivity contribution in [3.8, 4) is 11.5 Å². The molecule has 3 aromatic rings. The third kappa shape index (κ3) is 6.77. The van der Waals surface area contributed by atoms with Gasteiger partial charge < -0.3 is 9.72 Å². The SMILES string of the molecule is C=c1[nH]c(=O)c(Oc2c(C)cccc2Cl)c/c1=C/N=C(C)C.Cc1ccccc1. The number of hydrogen-bond donors (Lipinski definition) is 1. The van der Waals surface area contributed by atoms with Crippen LogP contribution in [0.2, 0.25) is 5.02 Å². The Bertz CT molecular complexity index is 1140. The normalized spacial score (nSPS) is 10.7. The standard InChI is InChI=1S/C17H17ClN2O2.C7H8/c1-10(2)19-9-13-8-15(17(21)20-12(13)4)22-16-11(3)6-5-7-14(16)18;1-7-5-3-2-4-6-7/h5-9H,4H2,1-3H3,(H,20,21);2-6H,1H3/b13-9-;. The number of pyridine rings is 1. The monoisotopic (exact) mass is 408 g/mol. The van der Waals surface area contributed by atoms with Crippen LogP contribution in [0.3, 0.4) is 0 Å². The molecule has 0 saturated heterocycles. The topological polar surface area (TPSA) is 54.5 Å². The molecule has 0 atom stereocenters. The predicted molar refractivity (Wildman–Crippen MR) is 123 cm³/mol. The van der Waals surface area contributed by atoms with Crippen molar-refractivity contribution < 1.29 is 4.74 Å². The highest BCUT2D eigenvalue weighted by Crippen LogP contribution is 2.30. The maximum absolute atomic E-state index is 12.0. The summed E-state index contributed by atoms with van der Waals surface area (Å²) in [6.45, 7) is 11.5. The van der Waals surface area contributed by atoms with Crippen molar-refractivity contribution in [2.75, 3.05) is 0 Å². The highest BCUT2D eigenvalue weighted by atomic mass is 35.5. The van der Waals surface area contributed by atoms with Gasteiger partial charge in [0.1, 0.15) is 5.75 Å². The molecule has 4 nitrogen and oxygen atoms in total. The number of aliphatic imine (C=N–C) groups is 1. The molecular weight excluding hydrogens is 384 g/mol. The van der Waals surface area contributed by atoms with Gasteiger partial charge in [-0.1, -0.05) is 66.2 Å². The summed E-state index contributed by atoms with van der Waals surface area (Å²) in [5, 5.41) is 1.62. The Balaban J connectivity index is 0.000000360. The van der Waals surface area contributed by atoms with E-state index in [4.69, 9.17) is 16.3 Å². The summed E-state index contributed by atoms with van der Waals surface area (Å²) in [5.74, 6) is 0.617.